The zero-order valence-corrected chi connectivity index (χ0v) is 32.9. The van der Waals surface area contributed by atoms with Crippen LogP contribution in [0.1, 0.15) is 47.1 Å². The van der Waals surface area contributed by atoms with E-state index in [1.54, 1.807) is 18.9 Å². The van der Waals surface area contributed by atoms with Crippen LogP contribution in [0.15, 0.2) is 101 Å². The van der Waals surface area contributed by atoms with Crippen molar-refractivity contribution in [2.45, 2.75) is 135 Å². The lowest BCUT2D eigenvalue weighted by Crippen LogP contribution is -2.67. The Hall–Kier alpha value is -1.70. The molecule has 0 radical (unpaired) electrons. The molecule has 49 heavy (non-hydrogen) atoms. The zero-order valence-electron chi connectivity index (χ0n) is 30.3. The minimum Gasteiger partial charge on any atom is -0.409 e. The molecule has 0 amide bonds. The van der Waals surface area contributed by atoms with Gasteiger partial charge in [0.2, 0.25) is 0 Å². The summed E-state index contributed by atoms with van der Waals surface area (Å²) < 4.78 is 40.1. The maximum atomic E-state index is 12.6. The fraction of sp³-hybridized carbons (Fsp3) is 0.538. The summed E-state index contributed by atoms with van der Waals surface area (Å²) in [5, 5.41) is 11.8. The molecule has 2 saturated heterocycles. The van der Waals surface area contributed by atoms with Crippen LogP contribution in [0.3, 0.4) is 0 Å². The number of rotatable bonds is 12. The summed E-state index contributed by atoms with van der Waals surface area (Å²) in [6.07, 6.45) is -3.62. The Bertz CT molecular complexity index is 1440. The monoisotopic (exact) mass is 726 g/mol. The van der Waals surface area contributed by atoms with Crippen molar-refractivity contribution in [2.24, 2.45) is 0 Å². The smallest absolute Gasteiger partial charge is 0.192 e. The van der Waals surface area contributed by atoms with Gasteiger partial charge in [-0.2, -0.15) is 0 Å². The largest absolute Gasteiger partial charge is 0.409 e. The van der Waals surface area contributed by atoms with Gasteiger partial charge in [-0.1, -0.05) is 87.5 Å². The molecule has 0 unspecified atom stereocenters. The predicted octanol–water partition coefficient (Wildman–Crippen LogP) is 8.56. The molecule has 0 aliphatic carbocycles. The third-order valence-corrected chi connectivity index (χ3v) is 17.2. The van der Waals surface area contributed by atoms with Crippen molar-refractivity contribution in [3.8, 4) is 0 Å². The molecule has 10 atom stereocenters. The highest BCUT2D eigenvalue weighted by molar-refractivity contribution is 8.00. The van der Waals surface area contributed by atoms with Gasteiger partial charge in [-0.25, -0.2) is 0 Å². The van der Waals surface area contributed by atoms with Gasteiger partial charge in [-0.3, -0.25) is 0 Å². The molecule has 10 heteroatoms. The van der Waals surface area contributed by atoms with Gasteiger partial charge in [0.05, 0.1) is 35.4 Å². The SMILES string of the molecule is CO[C@H]1[C@H](O[Si](C)(C)C(C)(C)C)[C@@H](C)O[C@@H](O[C@H]2[C@H](C)O[C@H](OCc3ccccc3)[C@@H](Sc3ccccc3)[C@]2(C)O)[C@@H]1Sc1ccccc1. The molecule has 7 nitrogen and oxygen atoms in total. The summed E-state index contributed by atoms with van der Waals surface area (Å²) in [6, 6.07) is 30.3. The lowest BCUT2D eigenvalue weighted by molar-refractivity contribution is -0.326. The number of methoxy groups -OCH3 is 1. The van der Waals surface area contributed by atoms with Crippen LogP contribution < -0.4 is 0 Å². The molecule has 0 saturated carbocycles. The first-order valence-electron chi connectivity index (χ1n) is 17.2. The van der Waals surface area contributed by atoms with Crippen molar-refractivity contribution in [1.29, 1.82) is 0 Å². The molecule has 268 valence electrons. The van der Waals surface area contributed by atoms with Crippen LogP contribution in [0, 0.1) is 0 Å². The summed E-state index contributed by atoms with van der Waals surface area (Å²) in [6.45, 7) is 17.4. The Labute approximate surface area is 302 Å². The minimum absolute atomic E-state index is 0.0125. The highest BCUT2D eigenvalue weighted by Gasteiger charge is 2.57. The summed E-state index contributed by atoms with van der Waals surface area (Å²) in [4.78, 5) is 2.07. The first-order chi connectivity index (χ1) is 23.2. The van der Waals surface area contributed by atoms with Gasteiger partial charge < -0.3 is 33.2 Å². The average molecular weight is 727 g/mol. The van der Waals surface area contributed by atoms with Crippen LogP contribution in [0.2, 0.25) is 18.1 Å². The van der Waals surface area contributed by atoms with Crippen molar-refractivity contribution in [1.82, 2.24) is 0 Å². The minimum atomic E-state index is -2.19. The Morgan fingerprint density at radius 2 is 1.31 bits per heavy atom. The second-order valence-corrected chi connectivity index (χ2v) is 22.0. The Balaban J connectivity index is 1.45. The fourth-order valence-electron chi connectivity index (χ4n) is 6.17. The second kappa shape index (κ2) is 16.3. The van der Waals surface area contributed by atoms with Crippen LogP contribution in [0.4, 0.5) is 0 Å². The Kier molecular flexibility index (Phi) is 12.8. The first kappa shape index (κ1) is 38.5. The molecule has 2 aliphatic heterocycles. The van der Waals surface area contributed by atoms with E-state index in [2.05, 4.69) is 46.0 Å². The molecule has 0 bridgehead atoms. The Morgan fingerprint density at radius 1 is 0.776 bits per heavy atom. The van der Waals surface area contributed by atoms with Crippen molar-refractivity contribution < 1.29 is 33.2 Å². The zero-order chi connectivity index (χ0) is 35.4. The number of hydrogen-bond donors (Lipinski definition) is 1. The van der Waals surface area contributed by atoms with Crippen LogP contribution in [-0.4, -0.2) is 79.7 Å². The normalized spacial score (nSPS) is 32.6. The molecule has 2 heterocycles. The van der Waals surface area contributed by atoms with E-state index in [4.69, 9.17) is 28.1 Å². The quantitative estimate of drug-likeness (QED) is 0.185. The van der Waals surface area contributed by atoms with Crippen LogP contribution in [0.25, 0.3) is 0 Å². The summed E-state index contributed by atoms with van der Waals surface area (Å²) in [7, 11) is -0.445. The molecule has 2 fully saturated rings. The van der Waals surface area contributed by atoms with Crippen LogP contribution in [-0.2, 0) is 34.7 Å². The van der Waals surface area contributed by atoms with Crippen molar-refractivity contribution in [3.05, 3.63) is 96.6 Å². The third kappa shape index (κ3) is 9.21. The predicted molar refractivity (Wildman–Crippen MR) is 200 cm³/mol. The first-order valence-corrected chi connectivity index (χ1v) is 21.9. The van der Waals surface area contributed by atoms with Gasteiger partial charge >= 0.3 is 0 Å². The molecule has 0 aromatic heterocycles. The van der Waals surface area contributed by atoms with E-state index in [1.165, 1.54) is 11.8 Å². The number of ether oxygens (including phenoxy) is 5. The molecule has 3 aromatic rings. The van der Waals surface area contributed by atoms with Gasteiger partial charge in [0, 0.05) is 16.9 Å². The maximum Gasteiger partial charge on any atom is 0.192 e. The van der Waals surface area contributed by atoms with Crippen molar-refractivity contribution >= 4 is 31.8 Å². The molecule has 0 spiro atoms. The van der Waals surface area contributed by atoms with E-state index < -0.39 is 44.0 Å². The topological polar surface area (TPSA) is 75.6 Å². The summed E-state index contributed by atoms with van der Waals surface area (Å²) in [5.74, 6) is 0. The standard InChI is InChI=1S/C39H54O7S2Si/c1-26-31(46-49(8,9)38(3,4)5)32(41-7)33(47-29-21-15-11-16-22-29)36(43-26)45-34-27(2)44-37(42-25-28-19-13-10-14-20-28)35(39(34,6)40)48-30-23-17-12-18-24-30/h10-24,26-27,31-37,40H,25H2,1-9H3/t26-,27+,31-,32+,33-,34+,35-,36+,37+,39-/m1/s1. The van der Waals surface area contributed by atoms with E-state index in [0.717, 1.165) is 15.4 Å². The molecule has 5 rings (SSSR count). The van der Waals surface area contributed by atoms with Gasteiger partial charge in [-0.15, -0.1) is 23.5 Å². The molecular formula is C39H54O7S2Si. The van der Waals surface area contributed by atoms with E-state index in [0.29, 0.717) is 6.61 Å². The number of hydrogen-bond acceptors (Lipinski definition) is 9. The van der Waals surface area contributed by atoms with Gasteiger partial charge in [-0.05, 0) is 68.7 Å². The van der Waals surface area contributed by atoms with E-state index in [1.807, 2.05) is 99.6 Å². The highest BCUT2D eigenvalue weighted by atomic mass is 32.2. The van der Waals surface area contributed by atoms with E-state index in [9.17, 15) is 5.11 Å². The lowest BCUT2D eigenvalue weighted by atomic mass is 9.87. The number of thioether (sulfide) groups is 2. The van der Waals surface area contributed by atoms with Gasteiger partial charge in [0.25, 0.3) is 0 Å². The van der Waals surface area contributed by atoms with Crippen LogP contribution >= 0.6 is 23.5 Å². The number of aliphatic hydroxyl groups is 1. The highest BCUT2D eigenvalue weighted by Crippen LogP contribution is 2.46. The van der Waals surface area contributed by atoms with Crippen molar-refractivity contribution in [3.63, 3.8) is 0 Å². The molecule has 1 N–H and O–H groups in total. The maximum absolute atomic E-state index is 12.6. The summed E-state index contributed by atoms with van der Waals surface area (Å²) >= 11 is 3.19. The fourth-order valence-corrected chi connectivity index (χ4v) is 10.0. The van der Waals surface area contributed by atoms with Crippen molar-refractivity contribution in [2.75, 3.05) is 7.11 Å². The summed E-state index contributed by atoms with van der Waals surface area (Å²) in [5.41, 5.74) is -0.337. The van der Waals surface area contributed by atoms with E-state index >= 15 is 0 Å². The second-order valence-electron chi connectivity index (χ2n) is 14.8. The van der Waals surface area contributed by atoms with Gasteiger partial charge in [0.1, 0.15) is 17.8 Å². The van der Waals surface area contributed by atoms with Crippen LogP contribution in [0.5, 0.6) is 0 Å². The Morgan fingerprint density at radius 3 is 1.86 bits per heavy atom. The lowest BCUT2D eigenvalue weighted by Gasteiger charge is -2.53. The molecule has 2 aliphatic rings. The third-order valence-electron chi connectivity index (χ3n) is 9.97. The molecule has 3 aromatic carbocycles. The van der Waals surface area contributed by atoms with E-state index in [-0.39, 0.29) is 28.6 Å². The van der Waals surface area contributed by atoms with Gasteiger partial charge in [0.15, 0.2) is 20.9 Å². The molecular weight excluding hydrogens is 673 g/mol. The average Bonchev–Trinajstić information content (AvgIpc) is 3.06. The number of benzene rings is 3.